The van der Waals surface area contributed by atoms with Crippen molar-refractivity contribution in [2.75, 3.05) is 6.54 Å². The lowest BCUT2D eigenvalue weighted by Gasteiger charge is -2.28. The molecular weight excluding hydrogens is 253 g/mol. The Balaban J connectivity index is 2.19. The van der Waals surface area contributed by atoms with Crippen LogP contribution in [0.5, 0.6) is 0 Å². The second-order valence-electron chi connectivity index (χ2n) is 4.39. The second-order valence-corrected chi connectivity index (χ2v) is 4.39. The number of carboxylic acid groups (broad SMARTS) is 1. The van der Waals surface area contributed by atoms with Crippen molar-refractivity contribution in [1.29, 1.82) is 0 Å². The normalized spacial score (nSPS) is 19.3. The van der Waals surface area contributed by atoms with Crippen molar-refractivity contribution in [1.82, 2.24) is 4.90 Å². The van der Waals surface area contributed by atoms with Gasteiger partial charge in [-0.3, -0.25) is 19.3 Å². The van der Waals surface area contributed by atoms with Crippen LogP contribution in [0.2, 0.25) is 0 Å². The van der Waals surface area contributed by atoms with Gasteiger partial charge in [-0.2, -0.15) is 0 Å². The predicted octanol–water partition coefficient (Wildman–Crippen LogP) is 1.29. The van der Waals surface area contributed by atoms with Gasteiger partial charge in [0.05, 0.1) is 5.92 Å². The van der Waals surface area contributed by atoms with Gasteiger partial charge >= 0.3 is 5.97 Å². The number of hydrogen-bond donors (Lipinski definition) is 1. The molecule has 19 heavy (non-hydrogen) atoms. The fourth-order valence-corrected chi connectivity index (χ4v) is 1.99. The molecule has 0 radical (unpaired) electrons. The Morgan fingerprint density at radius 1 is 1.26 bits per heavy atom. The minimum absolute atomic E-state index is 0.0316. The number of piperidine rings is 1. The summed E-state index contributed by atoms with van der Waals surface area (Å²) in [5.41, 5.74) is 0.167. The van der Waals surface area contributed by atoms with Crippen molar-refractivity contribution < 1.29 is 23.9 Å². The van der Waals surface area contributed by atoms with Crippen molar-refractivity contribution in [3.8, 4) is 0 Å². The minimum Gasteiger partial charge on any atom is -0.481 e. The van der Waals surface area contributed by atoms with Crippen LogP contribution in [0.4, 0.5) is 4.39 Å². The molecular formula is C13H12FNO4. The van der Waals surface area contributed by atoms with Crippen molar-refractivity contribution in [3.63, 3.8) is 0 Å². The second kappa shape index (κ2) is 5.17. The van der Waals surface area contributed by atoms with E-state index in [4.69, 9.17) is 5.11 Å². The average molecular weight is 265 g/mol. The summed E-state index contributed by atoms with van der Waals surface area (Å²) in [4.78, 5) is 35.6. The van der Waals surface area contributed by atoms with E-state index in [2.05, 4.69) is 0 Å². The minimum atomic E-state index is -1.02. The molecule has 0 aliphatic carbocycles. The number of likely N-dealkylation sites (tertiary alicyclic amines) is 1. The SMILES string of the molecule is O=C(O)C1CCC(=O)N(C(=O)c2ccc(F)cc2)C1. The average Bonchev–Trinajstić information content (AvgIpc) is 2.39. The number of nitrogens with zero attached hydrogens (tertiary/aromatic N) is 1. The Kier molecular flexibility index (Phi) is 3.59. The predicted molar refractivity (Wildman–Crippen MR) is 62.8 cm³/mol. The summed E-state index contributed by atoms with van der Waals surface area (Å²) in [5, 5.41) is 8.93. The third-order valence-electron chi connectivity index (χ3n) is 3.10. The summed E-state index contributed by atoms with van der Waals surface area (Å²) in [6, 6.07) is 4.79. The molecule has 2 amide bonds. The molecule has 1 aliphatic rings. The van der Waals surface area contributed by atoms with Crippen LogP contribution < -0.4 is 0 Å². The third-order valence-corrected chi connectivity index (χ3v) is 3.10. The van der Waals surface area contributed by atoms with Gasteiger partial charge in [-0.25, -0.2) is 4.39 Å². The maximum Gasteiger partial charge on any atom is 0.308 e. The Morgan fingerprint density at radius 3 is 2.47 bits per heavy atom. The quantitative estimate of drug-likeness (QED) is 0.817. The number of rotatable bonds is 2. The van der Waals surface area contributed by atoms with Crippen LogP contribution in [0, 0.1) is 11.7 Å². The van der Waals surface area contributed by atoms with Gasteiger partial charge in [0.1, 0.15) is 5.82 Å². The highest BCUT2D eigenvalue weighted by atomic mass is 19.1. The summed E-state index contributed by atoms with van der Waals surface area (Å²) >= 11 is 0. The maximum atomic E-state index is 12.8. The molecule has 1 heterocycles. The molecule has 5 nitrogen and oxygen atoms in total. The highest BCUT2D eigenvalue weighted by molar-refractivity contribution is 6.05. The fourth-order valence-electron chi connectivity index (χ4n) is 1.99. The van der Waals surface area contributed by atoms with Gasteiger partial charge in [-0.15, -0.1) is 0 Å². The number of benzene rings is 1. The molecule has 1 unspecified atom stereocenters. The molecule has 6 heteroatoms. The number of aliphatic carboxylic acids is 1. The van der Waals surface area contributed by atoms with Gasteiger partial charge in [-0.05, 0) is 30.7 Å². The molecule has 1 fully saturated rings. The molecule has 0 bridgehead atoms. The van der Waals surface area contributed by atoms with Gasteiger partial charge < -0.3 is 5.11 Å². The van der Waals surface area contributed by atoms with Crippen molar-refractivity contribution in [2.45, 2.75) is 12.8 Å². The number of carbonyl (C=O) groups excluding carboxylic acids is 2. The number of halogens is 1. The maximum absolute atomic E-state index is 12.8. The highest BCUT2D eigenvalue weighted by Crippen LogP contribution is 2.20. The van der Waals surface area contributed by atoms with Crippen LogP contribution in [0.25, 0.3) is 0 Å². The lowest BCUT2D eigenvalue weighted by molar-refractivity contribution is -0.145. The highest BCUT2D eigenvalue weighted by Gasteiger charge is 2.33. The Labute approximate surface area is 108 Å². The number of carbonyl (C=O) groups is 3. The van der Waals surface area contributed by atoms with E-state index >= 15 is 0 Å². The standard InChI is InChI=1S/C13H12FNO4/c14-10-4-1-8(2-5-10)12(17)15-7-9(13(18)19)3-6-11(15)16/h1-2,4-5,9H,3,6-7H2,(H,18,19). The Bertz CT molecular complexity index is 526. The Morgan fingerprint density at radius 2 is 1.89 bits per heavy atom. The molecule has 0 spiro atoms. The number of imide groups is 1. The first-order valence-electron chi connectivity index (χ1n) is 5.82. The van der Waals surface area contributed by atoms with E-state index in [1.165, 1.54) is 12.1 Å². The molecule has 1 atom stereocenters. The van der Waals surface area contributed by atoms with E-state index in [9.17, 15) is 18.8 Å². The van der Waals surface area contributed by atoms with Crippen LogP contribution in [0.3, 0.4) is 0 Å². The van der Waals surface area contributed by atoms with Crippen LogP contribution in [-0.4, -0.2) is 34.3 Å². The summed E-state index contributed by atoms with van der Waals surface area (Å²) in [7, 11) is 0. The van der Waals surface area contributed by atoms with E-state index in [-0.39, 0.29) is 24.9 Å². The topological polar surface area (TPSA) is 74.7 Å². The van der Waals surface area contributed by atoms with Gasteiger partial charge in [0.2, 0.25) is 5.91 Å². The van der Waals surface area contributed by atoms with Crippen LogP contribution in [0.1, 0.15) is 23.2 Å². The first-order chi connectivity index (χ1) is 8.99. The van der Waals surface area contributed by atoms with Gasteiger partial charge in [0, 0.05) is 18.5 Å². The Hall–Kier alpha value is -2.24. The summed E-state index contributed by atoms with van der Waals surface area (Å²) < 4.78 is 12.8. The molecule has 1 aromatic carbocycles. The van der Waals surface area contributed by atoms with Crippen LogP contribution in [0.15, 0.2) is 24.3 Å². The number of carboxylic acids is 1. The zero-order valence-electron chi connectivity index (χ0n) is 10.0. The monoisotopic (exact) mass is 265 g/mol. The summed E-state index contributed by atoms with van der Waals surface area (Å²) in [6.07, 6.45) is 0.269. The third kappa shape index (κ3) is 2.78. The van der Waals surface area contributed by atoms with Crippen molar-refractivity contribution in [3.05, 3.63) is 35.6 Å². The lowest BCUT2D eigenvalue weighted by atomic mass is 9.97. The van der Waals surface area contributed by atoms with E-state index in [1.807, 2.05) is 0 Å². The van der Waals surface area contributed by atoms with Crippen molar-refractivity contribution >= 4 is 17.8 Å². The molecule has 0 saturated carbocycles. The van der Waals surface area contributed by atoms with Crippen LogP contribution in [-0.2, 0) is 9.59 Å². The van der Waals surface area contributed by atoms with Gasteiger partial charge in [0.15, 0.2) is 0 Å². The summed E-state index contributed by atoms with van der Waals surface area (Å²) in [6.45, 7) is -0.135. The van der Waals surface area contributed by atoms with Crippen LogP contribution >= 0.6 is 0 Å². The molecule has 0 aromatic heterocycles. The van der Waals surface area contributed by atoms with E-state index in [0.29, 0.717) is 0 Å². The first kappa shape index (κ1) is 13.2. The first-order valence-corrected chi connectivity index (χ1v) is 5.82. The number of hydrogen-bond acceptors (Lipinski definition) is 3. The van der Waals surface area contributed by atoms with Gasteiger partial charge in [-0.1, -0.05) is 0 Å². The zero-order valence-corrected chi connectivity index (χ0v) is 10.0. The molecule has 100 valence electrons. The molecule has 1 saturated heterocycles. The molecule has 1 aromatic rings. The van der Waals surface area contributed by atoms with E-state index in [1.54, 1.807) is 0 Å². The lowest BCUT2D eigenvalue weighted by Crippen LogP contribution is -2.45. The van der Waals surface area contributed by atoms with Crippen molar-refractivity contribution in [2.24, 2.45) is 5.92 Å². The van der Waals surface area contributed by atoms with E-state index in [0.717, 1.165) is 17.0 Å². The smallest absolute Gasteiger partial charge is 0.308 e. The largest absolute Gasteiger partial charge is 0.481 e. The molecule has 1 N–H and O–H groups in total. The molecule has 2 rings (SSSR count). The molecule has 1 aliphatic heterocycles. The van der Waals surface area contributed by atoms with E-state index < -0.39 is 29.5 Å². The summed E-state index contributed by atoms with van der Waals surface area (Å²) in [5.74, 6) is -3.22. The zero-order chi connectivity index (χ0) is 14.0. The van der Waals surface area contributed by atoms with Gasteiger partial charge in [0.25, 0.3) is 5.91 Å². The number of amides is 2. The fraction of sp³-hybridized carbons (Fsp3) is 0.308.